The molecule has 7 heteroatoms. The number of hydrogen-bond acceptors (Lipinski definition) is 6. The van der Waals surface area contributed by atoms with Crippen molar-refractivity contribution >= 4 is 33.5 Å². The summed E-state index contributed by atoms with van der Waals surface area (Å²) in [6.07, 6.45) is 0. The topological polar surface area (TPSA) is 55.7 Å². The van der Waals surface area contributed by atoms with Crippen molar-refractivity contribution in [1.29, 1.82) is 0 Å². The van der Waals surface area contributed by atoms with Crippen LogP contribution < -0.4 is 0 Å². The summed E-state index contributed by atoms with van der Waals surface area (Å²) < 4.78 is 12.2. The van der Waals surface area contributed by atoms with Crippen molar-refractivity contribution in [3.05, 3.63) is 51.4 Å². The first kappa shape index (κ1) is 14.5. The number of thiazole rings is 1. The van der Waals surface area contributed by atoms with Gasteiger partial charge in [-0.1, -0.05) is 41.7 Å². The Hall–Kier alpha value is -1.44. The number of rotatable bonds is 5. The minimum absolute atomic E-state index is 0.432. The molecule has 2 heterocycles. The van der Waals surface area contributed by atoms with Crippen molar-refractivity contribution in [2.45, 2.75) is 18.4 Å². The van der Waals surface area contributed by atoms with E-state index in [-0.39, 0.29) is 0 Å². The third kappa shape index (κ3) is 3.81. The van der Waals surface area contributed by atoms with Gasteiger partial charge < -0.3 is 0 Å². The molecule has 1 aromatic carbocycles. The standard InChI is InChI=1S/C14H13N3OS3/c1-10-15-12(7-19-10)8-21(18)9-13-16-17-14(20-13)11-5-3-2-4-6-11/h2-7H,8-9H2,1H3. The number of aryl methyl sites for hydroxylation is 1. The van der Waals surface area contributed by atoms with Gasteiger partial charge in [0.05, 0.1) is 22.2 Å². The molecule has 0 spiro atoms. The lowest BCUT2D eigenvalue weighted by molar-refractivity contribution is 0.681. The highest BCUT2D eigenvalue weighted by atomic mass is 32.2. The van der Waals surface area contributed by atoms with Gasteiger partial charge in [0.15, 0.2) is 0 Å². The first-order valence-corrected chi connectivity index (χ1v) is 9.53. The molecule has 0 N–H and O–H groups in total. The maximum Gasteiger partial charge on any atom is 0.147 e. The van der Waals surface area contributed by atoms with Crippen LogP contribution in [0.1, 0.15) is 15.7 Å². The second-order valence-corrected chi connectivity index (χ2v) is 8.03. The zero-order valence-corrected chi connectivity index (χ0v) is 13.8. The highest BCUT2D eigenvalue weighted by molar-refractivity contribution is 7.83. The van der Waals surface area contributed by atoms with Crippen LogP contribution in [0, 0.1) is 6.92 Å². The van der Waals surface area contributed by atoms with Gasteiger partial charge in [-0.25, -0.2) is 4.98 Å². The third-order valence-electron chi connectivity index (χ3n) is 2.75. The second kappa shape index (κ2) is 6.55. The van der Waals surface area contributed by atoms with Gasteiger partial charge in [0.2, 0.25) is 0 Å². The predicted molar refractivity (Wildman–Crippen MR) is 87.7 cm³/mol. The normalized spacial score (nSPS) is 12.4. The summed E-state index contributed by atoms with van der Waals surface area (Å²) in [6.45, 7) is 1.95. The molecule has 0 bridgehead atoms. The van der Waals surface area contributed by atoms with Crippen LogP contribution in [-0.4, -0.2) is 19.4 Å². The predicted octanol–water partition coefficient (Wildman–Crippen LogP) is 3.42. The van der Waals surface area contributed by atoms with Gasteiger partial charge >= 0.3 is 0 Å². The van der Waals surface area contributed by atoms with E-state index in [9.17, 15) is 4.21 Å². The Morgan fingerprint density at radius 2 is 1.95 bits per heavy atom. The number of hydrogen-bond donors (Lipinski definition) is 0. The summed E-state index contributed by atoms with van der Waals surface area (Å²) in [5.74, 6) is 0.908. The maximum atomic E-state index is 12.2. The van der Waals surface area contributed by atoms with E-state index in [0.717, 1.165) is 26.3 Å². The third-order valence-corrected chi connectivity index (χ3v) is 5.94. The molecule has 4 nitrogen and oxygen atoms in total. The molecule has 0 aliphatic carbocycles. The Morgan fingerprint density at radius 1 is 1.14 bits per heavy atom. The van der Waals surface area contributed by atoms with Crippen LogP contribution in [0.25, 0.3) is 10.6 Å². The Bertz CT molecular complexity index is 752. The quantitative estimate of drug-likeness (QED) is 0.717. The van der Waals surface area contributed by atoms with Gasteiger partial charge in [-0.2, -0.15) is 0 Å². The zero-order valence-electron chi connectivity index (χ0n) is 11.4. The highest BCUT2D eigenvalue weighted by Gasteiger charge is 2.11. The zero-order chi connectivity index (χ0) is 14.7. The fourth-order valence-electron chi connectivity index (χ4n) is 1.84. The summed E-state index contributed by atoms with van der Waals surface area (Å²) >= 11 is 3.08. The summed E-state index contributed by atoms with van der Waals surface area (Å²) in [6, 6.07) is 9.91. The lowest BCUT2D eigenvalue weighted by Crippen LogP contribution is -1.99. The van der Waals surface area contributed by atoms with E-state index in [2.05, 4.69) is 15.2 Å². The molecule has 108 valence electrons. The molecule has 1 unspecified atom stereocenters. The second-order valence-electron chi connectivity index (χ2n) is 4.45. The number of aromatic nitrogens is 3. The smallest absolute Gasteiger partial charge is 0.147 e. The van der Waals surface area contributed by atoms with Gasteiger partial charge in [0.1, 0.15) is 10.0 Å². The van der Waals surface area contributed by atoms with Gasteiger partial charge in [0, 0.05) is 21.7 Å². The highest BCUT2D eigenvalue weighted by Crippen LogP contribution is 2.24. The molecule has 21 heavy (non-hydrogen) atoms. The van der Waals surface area contributed by atoms with Crippen LogP contribution in [0.15, 0.2) is 35.7 Å². The molecule has 0 aliphatic rings. The van der Waals surface area contributed by atoms with Crippen molar-refractivity contribution in [2.75, 3.05) is 0 Å². The molecule has 0 radical (unpaired) electrons. The van der Waals surface area contributed by atoms with E-state index in [0.29, 0.717) is 11.5 Å². The van der Waals surface area contributed by atoms with E-state index in [4.69, 9.17) is 0 Å². The molecule has 3 rings (SSSR count). The molecule has 3 aromatic rings. The number of benzene rings is 1. The Labute approximate surface area is 133 Å². The Morgan fingerprint density at radius 3 is 2.67 bits per heavy atom. The van der Waals surface area contributed by atoms with Crippen molar-refractivity contribution in [1.82, 2.24) is 15.2 Å². The van der Waals surface area contributed by atoms with Crippen LogP contribution in [0.5, 0.6) is 0 Å². The fraction of sp³-hybridized carbons (Fsp3) is 0.214. The van der Waals surface area contributed by atoms with Crippen LogP contribution >= 0.6 is 22.7 Å². The SMILES string of the molecule is Cc1nc(CS(=O)Cc2nnc(-c3ccccc3)s2)cs1. The van der Waals surface area contributed by atoms with Crippen molar-refractivity contribution in [2.24, 2.45) is 0 Å². The van der Waals surface area contributed by atoms with E-state index in [1.807, 2.05) is 42.6 Å². The van der Waals surface area contributed by atoms with Crippen LogP contribution in [0.2, 0.25) is 0 Å². The largest absolute Gasteiger partial charge is 0.259 e. The minimum atomic E-state index is -1.000. The van der Waals surface area contributed by atoms with Gasteiger partial charge in [-0.15, -0.1) is 21.5 Å². The van der Waals surface area contributed by atoms with Crippen LogP contribution in [-0.2, 0) is 22.3 Å². The van der Waals surface area contributed by atoms with E-state index < -0.39 is 10.8 Å². The molecular weight excluding hydrogens is 322 g/mol. The lowest BCUT2D eigenvalue weighted by Gasteiger charge is -1.96. The van der Waals surface area contributed by atoms with Crippen molar-refractivity contribution in [3.63, 3.8) is 0 Å². The van der Waals surface area contributed by atoms with Gasteiger partial charge in [0.25, 0.3) is 0 Å². The number of nitrogens with zero attached hydrogens (tertiary/aromatic N) is 3. The first-order valence-electron chi connectivity index (χ1n) is 6.34. The molecule has 0 saturated carbocycles. The lowest BCUT2D eigenvalue weighted by atomic mass is 10.2. The maximum absolute atomic E-state index is 12.2. The fourth-order valence-corrected chi connectivity index (χ4v) is 4.74. The summed E-state index contributed by atoms with van der Waals surface area (Å²) in [5, 5.41) is 12.9. The monoisotopic (exact) mass is 335 g/mol. The summed E-state index contributed by atoms with van der Waals surface area (Å²) in [7, 11) is -1.000. The van der Waals surface area contributed by atoms with Crippen LogP contribution in [0.3, 0.4) is 0 Å². The van der Waals surface area contributed by atoms with Gasteiger partial charge in [-0.05, 0) is 6.92 Å². The van der Waals surface area contributed by atoms with Crippen LogP contribution in [0.4, 0.5) is 0 Å². The average molecular weight is 335 g/mol. The molecule has 0 aliphatic heterocycles. The minimum Gasteiger partial charge on any atom is -0.259 e. The van der Waals surface area contributed by atoms with Gasteiger partial charge in [-0.3, -0.25) is 4.21 Å². The molecular formula is C14H13N3OS3. The summed E-state index contributed by atoms with van der Waals surface area (Å²) in [5.41, 5.74) is 1.94. The van der Waals surface area contributed by atoms with E-state index >= 15 is 0 Å². The molecule has 0 fully saturated rings. The van der Waals surface area contributed by atoms with E-state index in [1.165, 1.54) is 11.3 Å². The molecule has 0 saturated heterocycles. The molecule has 2 aromatic heterocycles. The summed E-state index contributed by atoms with van der Waals surface area (Å²) in [4.78, 5) is 4.34. The molecule has 0 amide bonds. The first-order chi connectivity index (χ1) is 10.2. The Kier molecular flexibility index (Phi) is 4.52. The average Bonchev–Trinajstić information content (AvgIpc) is 3.09. The Balaban J connectivity index is 1.66. The van der Waals surface area contributed by atoms with E-state index in [1.54, 1.807) is 11.3 Å². The van der Waals surface area contributed by atoms with Crippen molar-refractivity contribution in [3.8, 4) is 10.6 Å². The van der Waals surface area contributed by atoms with Crippen molar-refractivity contribution < 1.29 is 4.21 Å². The molecule has 1 atom stereocenters.